The molecular formula is C24H35N7O. The van der Waals surface area contributed by atoms with Crippen molar-refractivity contribution >= 4 is 12.0 Å². The van der Waals surface area contributed by atoms with Crippen molar-refractivity contribution in [2.45, 2.75) is 19.9 Å². The second-order valence-corrected chi connectivity index (χ2v) is 8.72. The molecule has 0 spiro atoms. The summed E-state index contributed by atoms with van der Waals surface area (Å²) in [6.45, 7) is 12.2. The number of hydrogen-bond donors (Lipinski definition) is 1. The highest BCUT2D eigenvalue weighted by atomic mass is 16.2. The number of urea groups is 1. The standard InChI is InChI=1S/C24H35N7O/c1-21-5-2-6-22(19-21)20-29-13-17-31(18-14-29)24(32)27-9-4-10-28-11-15-30(16-12-28)23-25-7-3-8-26-23/h2-3,5-8,19H,4,9-18,20H2,1H3,(H,27,32). The molecule has 0 saturated carbocycles. The molecule has 1 aromatic heterocycles. The Bertz CT molecular complexity index is 846. The van der Waals surface area contributed by atoms with Crippen LogP contribution in [0.2, 0.25) is 0 Å². The molecule has 2 aliphatic rings. The van der Waals surface area contributed by atoms with E-state index in [2.05, 4.69) is 61.2 Å². The summed E-state index contributed by atoms with van der Waals surface area (Å²) in [6.07, 6.45) is 4.56. The molecule has 1 N–H and O–H groups in total. The Kier molecular flexibility index (Phi) is 7.90. The molecule has 0 atom stereocenters. The van der Waals surface area contributed by atoms with E-state index in [0.717, 1.165) is 84.4 Å². The molecule has 2 amide bonds. The summed E-state index contributed by atoms with van der Waals surface area (Å²) in [5.41, 5.74) is 2.65. The fourth-order valence-electron chi connectivity index (χ4n) is 4.41. The Morgan fingerprint density at radius 3 is 2.38 bits per heavy atom. The number of aryl methyl sites for hydroxylation is 1. The van der Waals surface area contributed by atoms with Gasteiger partial charge in [-0.3, -0.25) is 9.80 Å². The monoisotopic (exact) mass is 437 g/mol. The van der Waals surface area contributed by atoms with Crippen LogP contribution in [0.4, 0.5) is 10.7 Å². The Hall–Kier alpha value is -2.71. The summed E-state index contributed by atoms with van der Waals surface area (Å²) < 4.78 is 0. The van der Waals surface area contributed by atoms with Crippen LogP contribution in [0.5, 0.6) is 0 Å². The maximum absolute atomic E-state index is 12.5. The number of carbonyl (C=O) groups is 1. The summed E-state index contributed by atoms with van der Waals surface area (Å²) >= 11 is 0. The zero-order valence-electron chi connectivity index (χ0n) is 19.1. The topological polar surface area (TPSA) is 67.8 Å². The van der Waals surface area contributed by atoms with Crippen molar-refractivity contribution in [3.63, 3.8) is 0 Å². The lowest BCUT2D eigenvalue weighted by molar-refractivity contribution is 0.135. The van der Waals surface area contributed by atoms with Crippen molar-refractivity contribution in [1.29, 1.82) is 0 Å². The van der Waals surface area contributed by atoms with Crippen molar-refractivity contribution in [3.8, 4) is 0 Å². The zero-order valence-corrected chi connectivity index (χ0v) is 19.1. The predicted octanol–water partition coefficient (Wildman–Crippen LogP) is 1.82. The van der Waals surface area contributed by atoms with Crippen molar-refractivity contribution in [2.75, 3.05) is 70.3 Å². The third-order valence-corrected chi connectivity index (χ3v) is 6.28. The van der Waals surface area contributed by atoms with Gasteiger partial charge in [0.1, 0.15) is 0 Å². The van der Waals surface area contributed by atoms with Crippen LogP contribution in [-0.2, 0) is 6.54 Å². The normalized spacial score (nSPS) is 18.0. The fraction of sp³-hybridized carbons (Fsp3) is 0.542. The van der Waals surface area contributed by atoms with Crippen LogP contribution >= 0.6 is 0 Å². The van der Waals surface area contributed by atoms with Gasteiger partial charge < -0.3 is 15.1 Å². The number of piperazine rings is 2. The first-order chi connectivity index (χ1) is 15.7. The van der Waals surface area contributed by atoms with Crippen molar-refractivity contribution < 1.29 is 4.79 Å². The minimum atomic E-state index is 0.0752. The number of carbonyl (C=O) groups excluding carboxylic acids is 1. The molecule has 8 heteroatoms. The van der Waals surface area contributed by atoms with E-state index < -0.39 is 0 Å². The first-order valence-corrected chi connectivity index (χ1v) is 11.7. The van der Waals surface area contributed by atoms with Crippen LogP contribution in [0.15, 0.2) is 42.7 Å². The average molecular weight is 438 g/mol. The van der Waals surface area contributed by atoms with Gasteiger partial charge in [0.2, 0.25) is 5.95 Å². The molecule has 0 aliphatic carbocycles. The number of rotatable bonds is 7. The van der Waals surface area contributed by atoms with E-state index in [-0.39, 0.29) is 6.03 Å². The summed E-state index contributed by atoms with van der Waals surface area (Å²) in [7, 11) is 0. The van der Waals surface area contributed by atoms with Crippen molar-refractivity contribution in [2.24, 2.45) is 0 Å². The number of amides is 2. The highest BCUT2D eigenvalue weighted by Crippen LogP contribution is 2.11. The summed E-state index contributed by atoms with van der Waals surface area (Å²) in [6, 6.07) is 10.6. The first kappa shape index (κ1) is 22.5. The smallest absolute Gasteiger partial charge is 0.317 e. The minimum absolute atomic E-state index is 0.0752. The molecule has 1 aromatic carbocycles. The maximum atomic E-state index is 12.5. The zero-order chi connectivity index (χ0) is 22.2. The van der Waals surface area contributed by atoms with Crippen molar-refractivity contribution in [1.82, 2.24) is 30.0 Å². The van der Waals surface area contributed by atoms with E-state index in [4.69, 9.17) is 0 Å². The Morgan fingerprint density at radius 2 is 1.66 bits per heavy atom. The van der Waals surface area contributed by atoms with Crippen LogP contribution in [0.25, 0.3) is 0 Å². The second kappa shape index (κ2) is 11.2. The van der Waals surface area contributed by atoms with E-state index >= 15 is 0 Å². The molecule has 172 valence electrons. The Morgan fingerprint density at radius 1 is 0.938 bits per heavy atom. The molecule has 32 heavy (non-hydrogen) atoms. The fourth-order valence-corrected chi connectivity index (χ4v) is 4.41. The molecule has 2 aliphatic heterocycles. The van der Waals surface area contributed by atoms with Gasteiger partial charge in [0, 0.05) is 77.8 Å². The lowest BCUT2D eigenvalue weighted by atomic mass is 10.1. The van der Waals surface area contributed by atoms with Gasteiger partial charge in [0.05, 0.1) is 0 Å². The quantitative estimate of drug-likeness (QED) is 0.667. The third kappa shape index (κ3) is 6.40. The van der Waals surface area contributed by atoms with Crippen LogP contribution in [0.3, 0.4) is 0 Å². The number of aromatic nitrogens is 2. The third-order valence-electron chi connectivity index (χ3n) is 6.28. The van der Waals surface area contributed by atoms with Crippen molar-refractivity contribution in [3.05, 3.63) is 53.9 Å². The maximum Gasteiger partial charge on any atom is 0.317 e. The van der Waals surface area contributed by atoms with E-state index in [1.165, 1.54) is 11.1 Å². The number of nitrogens with one attached hydrogen (secondary N) is 1. The number of anilines is 1. The Balaban J connectivity index is 1.08. The van der Waals surface area contributed by atoms with Gasteiger partial charge in [-0.25, -0.2) is 14.8 Å². The molecular weight excluding hydrogens is 402 g/mol. The molecule has 4 rings (SSSR count). The number of hydrogen-bond acceptors (Lipinski definition) is 6. The van der Waals surface area contributed by atoms with Gasteiger partial charge in [-0.2, -0.15) is 0 Å². The highest BCUT2D eigenvalue weighted by molar-refractivity contribution is 5.74. The second-order valence-electron chi connectivity index (χ2n) is 8.72. The molecule has 2 aromatic rings. The summed E-state index contributed by atoms with van der Waals surface area (Å²) in [5.74, 6) is 0.818. The lowest BCUT2D eigenvalue weighted by Gasteiger charge is -2.35. The van der Waals surface area contributed by atoms with E-state index in [1.54, 1.807) is 12.4 Å². The SMILES string of the molecule is Cc1cccc(CN2CCN(C(=O)NCCCN3CCN(c4ncccn4)CC3)CC2)c1. The average Bonchev–Trinajstić information content (AvgIpc) is 2.83. The van der Waals surface area contributed by atoms with Gasteiger partial charge in [-0.1, -0.05) is 29.8 Å². The summed E-state index contributed by atoms with van der Waals surface area (Å²) in [5, 5.41) is 3.11. The molecule has 0 unspecified atom stereocenters. The number of benzene rings is 1. The lowest BCUT2D eigenvalue weighted by Crippen LogP contribution is -2.52. The van der Waals surface area contributed by atoms with E-state index in [0.29, 0.717) is 0 Å². The van der Waals surface area contributed by atoms with Gasteiger partial charge >= 0.3 is 6.03 Å². The van der Waals surface area contributed by atoms with E-state index in [9.17, 15) is 4.79 Å². The van der Waals surface area contributed by atoms with Crippen LogP contribution in [0, 0.1) is 6.92 Å². The number of nitrogens with zero attached hydrogens (tertiary/aromatic N) is 6. The van der Waals surface area contributed by atoms with E-state index in [1.807, 2.05) is 11.0 Å². The largest absolute Gasteiger partial charge is 0.338 e. The predicted molar refractivity (Wildman–Crippen MR) is 127 cm³/mol. The minimum Gasteiger partial charge on any atom is -0.338 e. The first-order valence-electron chi connectivity index (χ1n) is 11.7. The highest BCUT2D eigenvalue weighted by Gasteiger charge is 2.21. The molecule has 2 fully saturated rings. The van der Waals surface area contributed by atoms with Crippen LogP contribution in [-0.4, -0.2) is 96.1 Å². The Labute approximate surface area is 191 Å². The van der Waals surface area contributed by atoms with Gasteiger partial charge in [0.15, 0.2) is 0 Å². The van der Waals surface area contributed by atoms with Crippen LogP contribution < -0.4 is 10.2 Å². The molecule has 3 heterocycles. The summed E-state index contributed by atoms with van der Waals surface area (Å²) in [4.78, 5) is 30.3. The molecule has 8 nitrogen and oxygen atoms in total. The molecule has 0 radical (unpaired) electrons. The van der Waals surface area contributed by atoms with Gasteiger partial charge in [-0.05, 0) is 31.5 Å². The van der Waals surface area contributed by atoms with Crippen LogP contribution in [0.1, 0.15) is 17.5 Å². The molecule has 0 bridgehead atoms. The van der Waals surface area contributed by atoms with Gasteiger partial charge in [0.25, 0.3) is 0 Å². The van der Waals surface area contributed by atoms with Gasteiger partial charge in [-0.15, -0.1) is 0 Å². The molecule has 2 saturated heterocycles.